The number of nitrogens with zero attached hydrogens (tertiary/aromatic N) is 3. The van der Waals surface area contributed by atoms with Crippen molar-refractivity contribution < 1.29 is 13.2 Å². The number of anilines is 1. The van der Waals surface area contributed by atoms with Crippen molar-refractivity contribution in [2.75, 3.05) is 11.4 Å². The summed E-state index contributed by atoms with van der Waals surface area (Å²) in [5, 5.41) is 0. The van der Waals surface area contributed by atoms with Gasteiger partial charge in [-0.25, -0.2) is 8.77 Å². The van der Waals surface area contributed by atoms with E-state index in [-0.39, 0.29) is 6.54 Å². The Labute approximate surface area is 155 Å². The molecule has 1 aromatic heterocycles. The van der Waals surface area contributed by atoms with Gasteiger partial charge in [-0.05, 0) is 43.7 Å². The molecule has 1 aliphatic rings. The summed E-state index contributed by atoms with van der Waals surface area (Å²) in [5.41, 5.74) is 1.78. The fourth-order valence-electron chi connectivity index (χ4n) is 2.59. The highest BCUT2D eigenvalue weighted by atomic mass is 79.9. The fourth-order valence-corrected chi connectivity index (χ4v) is 4.48. The van der Waals surface area contributed by atoms with E-state index < -0.39 is 16.2 Å². The van der Waals surface area contributed by atoms with Gasteiger partial charge in [-0.3, -0.25) is 4.90 Å². The second-order valence-corrected chi connectivity index (χ2v) is 8.63. The Balaban J connectivity index is 2.03. The van der Waals surface area contributed by atoms with E-state index in [0.29, 0.717) is 12.4 Å². The molecular formula is C17H18BrN3O3S. The van der Waals surface area contributed by atoms with E-state index in [1.54, 1.807) is 24.3 Å². The van der Waals surface area contributed by atoms with Crippen LogP contribution in [0.1, 0.15) is 19.4 Å². The molecule has 2 heterocycles. The first-order valence-electron chi connectivity index (χ1n) is 7.70. The van der Waals surface area contributed by atoms with Gasteiger partial charge in [0.1, 0.15) is 5.82 Å². The summed E-state index contributed by atoms with van der Waals surface area (Å²) < 4.78 is 28.6. The molecule has 0 saturated heterocycles. The molecule has 0 radical (unpaired) electrons. The summed E-state index contributed by atoms with van der Waals surface area (Å²) in [7, 11) is -3.95. The summed E-state index contributed by atoms with van der Waals surface area (Å²) in [4.78, 5) is 14.4. The number of carbonyl (C=O) groups excluding carboxylic acids is 1. The van der Waals surface area contributed by atoms with E-state index >= 15 is 0 Å². The molecule has 0 aliphatic carbocycles. The van der Waals surface area contributed by atoms with Gasteiger partial charge in [-0.2, -0.15) is 12.7 Å². The molecule has 6 nitrogen and oxygen atoms in total. The van der Waals surface area contributed by atoms with E-state index in [2.05, 4.69) is 15.9 Å². The summed E-state index contributed by atoms with van der Waals surface area (Å²) >= 11 is 3.37. The van der Waals surface area contributed by atoms with Crippen LogP contribution in [0.15, 0.2) is 58.7 Å². The van der Waals surface area contributed by atoms with Crippen molar-refractivity contribution in [1.29, 1.82) is 0 Å². The summed E-state index contributed by atoms with van der Waals surface area (Å²) in [5.74, 6) is 0.355. The summed E-state index contributed by atoms with van der Waals surface area (Å²) in [6.45, 7) is 4.16. The average molecular weight is 424 g/mol. The first-order chi connectivity index (χ1) is 11.8. The van der Waals surface area contributed by atoms with Gasteiger partial charge < -0.3 is 0 Å². The van der Waals surface area contributed by atoms with E-state index in [1.165, 1.54) is 11.1 Å². The molecule has 0 fully saturated rings. The van der Waals surface area contributed by atoms with Gasteiger partial charge in [-0.15, -0.1) is 0 Å². The van der Waals surface area contributed by atoms with Crippen LogP contribution >= 0.6 is 15.9 Å². The maximum absolute atomic E-state index is 12.9. The zero-order valence-electron chi connectivity index (χ0n) is 13.9. The van der Waals surface area contributed by atoms with Crippen molar-refractivity contribution in [3.05, 3.63) is 64.3 Å². The number of allylic oxidation sites excluding steroid dienone is 1. The molecule has 132 valence electrons. The number of fused-ring (bicyclic) bond motifs is 1. The van der Waals surface area contributed by atoms with Crippen LogP contribution in [0, 0.1) is 0 Å². The lowest BCUT2D eigenvalue weighted by Crippen LogP contribution is -2.53. The minimum atomic E-state index is -3.95. The van der Waals surface area contributed by atoms with Crippen LogP contribution in [0.2, 0.25) is 0 Å². The molecule has 0 bridgehead atoms. The molecule has 0 saturated carbocycles. The van der Waals surface area contributed by atoms with Crippen LogP contribution in [0.4, 0.5) is 10.6 Å². The molecule has 0 unspecified atom stereocenters. The van der Waals surface area contributed by atoms with E-state index in [0.717, 1.165) is 23.9 Å². The SMILES string of the molecule is CC(C)=CCN1C(=O)N(Cc2cccc(Br)c2)S(=O)(=O)n2cccc21. The Morgan fingerprint density at radius 2 is 1.96 bits per heavy atom. The minimum absolute atomic E-state index is 0.0243. The lowest BCUT2D eigenvalue weighted by molar-refractivity contribution is 0.226. The minimum Gasteiger partial charge on any atom is -0.274 e. The molecule has 0 N–H and O–H groups in total. The van der Waals surface area contributed by atoms with Crippen molar-refractivity contribution >= 4 is 38.0 Å². The molecule has 1 aromatic carbocycles. The van der Waals surface area contributed by atoms with Gasteiger partial charge in [0.15, 0.2) is 0 Å². The normalized spacial score (nSPS) is 15.9. The third kappa shape index (κ3) is 3.36. The first kappa shape index (κ1) is 17.8. The largest absolute Gasteiger partial charge is 0.341 e. The molecule has 1 aliphatic heterocycles. The third-order valence-corrected chi connectivity index (χ3v) is 5.98. The number of carbonyl (C=O) groups is 1. The smallest absolute Gasteiger partial charge is 0.274 e. The second-order valence-electron chi connectivity index (χ2n) is 5.98. The molecule has 3 rings (SSSR count). The van der Waals surface area contributed by atoms with Gasteiger partial charge in [0.25, 0.3) is 0 Å². The highest BCUT2D eigenvalue weighted by Crippen LogP contribution is 2.29. The quantitative estimate of drug-likeness (QED) is 0.703. The molecular weight excluding hydrogens is 406 g/mol. The van der Waals surface area contributed by atoms with Crippen LogP contribution in [0.5, 0.6) is 0 Å². The maximum Gasteiger partial charge on any atom is 0.341 e. The molecule has 2 aromatic rings. The van der Waals surface area contributed by atoms with Crippen molar-refractivity contribution in [2.45, 2.75) is 20.4 Å². The van der Waals surface area contributed by atoms with Crippen LogP contribution in [-0.2, 0) is 16.8 Å². The van der Waals surface area contributed by atoms with Crippen molar-refractivity contribution in [3.8, 4) is 0 Å². The van der Waals surface area contributed by atoms with E-state index in [9.17, 15) is 13.2 Å². The zero-order chi connectivity index (χ0) is 18.2. The van der Waals surface area contributed by atoms with Gasteiger partial charge in [-0.1, -0.05) is 39.7 Å². The predicted molar refractivity (Wildman–Crippen MR) is 101 cm³/mol. The van der Waals surface area contributed by atoms with Crippen molar-refractivity contribution in [3.63, 3.8) is 0 Å². The van der Waals surface area contributed by atoms with Crippen LogP contribution in [0.3, 0.4) is 0 Å². The number of hydrogen-bond acceptors (Lipinski definition) is 3. The van der Waals surface area contributed by atoms with Gasteiger partial charge in [0.2, 0.25) is 0 Å². The molecule has 8 heteroatoms. The lowest BCUT2D eigenvalue weighted by Gasteiger charge is -2.35. The topological polar surface area (TPSA) is 62.6 Å². The third-order valence-electron chi connectivity index (χ3n) is 3.84. The van der Waals surface area contributed by atoms with E-state index in [4.69, 9.17) is 0 Å². The van der Waals surface area contributed by atoms with Crippen LogP contribution in [0.25, 0.3) is 0 Å². The number of amides is 2. The average Bonchev–Trinajstić information content (AvgIpc) is 3.02. The lowest BCUT2D eigenvalue weighted by atomic mass is 10.2. The highest BCUT2D eigenvalue weighted by Gasteiger charge is 2.40. The maximum atomic E-state index is 12.9. The number of benzene rings is 1. The van der Waals surface area contributed by atoms with Gasteiger partial charge in [0, 0.05) is 17.2 Å². The highest BCUT2D eigenvalue weighted by molar-refractivity contribution is 9.10. The first-order valence-corrected chi connectivity index (χ1v) is 9.89. The second kappa shape index (κ2) is 6.68. The fraction of sp³-hybridized carbons (Fsp3) is 0.235. The summed E-state index contributed by atoms with van der Waals surface area (Å²) in [6.07, 6.45) is 3.35. The van der Waals surface area contributed by atoms with Crippen LogP contribution < -0.4 is 4.90 Å². The van der Waals surface area contributed by atoms with E-state index in [1.807, 2.05) is 32.1 Å². The Bertz CT molecular complexity index is 946. The van der Waals surface area contributed by atoms with Crippen molar-refractivity contribution in [1.82, 2.24) is 8.28 Å². The molecule has 0 atom stereocenters. The molecule has 0 spiro atoms. The Morgan fingerprint density at radius 1 is 1.20 bits per heavy atom. The zero-order valence-corrected chi connectivity index (χ0v) is 16.3. The number of aromatic nitrogens is 1. The molecule has 25 heavy (non-hydrogen) atoms. The predicted octanol–water partition coefficient (Wildman–Crippen LogP) is 3.75. The van der Waals surface area contributed by atoms with Crippen molar-refractivity contribution in [2.24, 2.45) is 0 Å². The monoisotopic (exact) mass is 423 g/mol. The number of rotatable bonds is 4. The standard InChI is InChI=1S/C17H18BrN3O3S/c1-13(2)8-10-19-16-7-4-9-20(16)25(23,24)21(17(19)22)12-14-5-3-6-15(18)11-14/h3-9,11H,10,12H2,1-2H3. The Hall–Kier alpha value is -2.06. The summed E-state index contributed by atoms with van der Waals surface area (Å²) in [6, 6.07) is 9.95. The number of urea groups is 1. The number of hydrogen-bond donors (Lipinski definition) is 0. The van der Waals surface area contributed by atoms with Crippen LogP contribution in [-0.4, -0.2) is 29.3 Å². The number of halogens is 1. The molecule has 2 amide bonds. The van der Waals surface area contributed by atoms with Gasteiger partial charge in [0.05, 0.1) is 6.54 Å². The Morgan fingerprint density at radius 3 is 2.64 bits per heavy atom. The Kier molecular flexibility index (Phi) is 4.75. The van der Waals surface area contributed by atoms with Gasteiger partial charge >= 0.3 is 16.2 Å².